The molecule has 9 nitrogen and oxygen atoms in total. The number of anilines is 3. The van der Waals surface area contributed by atoms with E-state index >= 15 is 0 Å². The van der Waals surface area contributed by atoms with E-state index in [1.54, 1.807) is 0 Å². The van der Waals surface area contributed by atoms with E-state index in [1.165, 1.54) is 0 Å². The Bertz CT molecular complexity index is 463. The highest BCUT2D eigenvalue weighted by Gasteiger charge is 2.19. The summed E-state index contributed by atoms with van der Waals surface area (Å²) in [6.07, 6.45) is 0. The van der Waals surface area contributed by atoms with E-state index in [1.807, 2.05) is 18.7 Å². The van der Waals surface area contributed by atoms with Crippen LogP contribution in [0, 0.1) is 5.41 Å². The lowest BCUT2D eigenvalue weighted by Crippen LogP contribution is -2.38. The third-order valence-electron chi connectivity index (χ3n) is 3.20. The monoisotopic (exact) mass is 297 g/mol. The number of hydrazine groups is 1. The predicted octanol–water partition coefficient (Wildman–Crippen LogP) is -0.576. The minimum atomic E-state index is -0.262. The fraction of sp³-hybridized carbons (Fsp3) is 0.750. The zero-order valence-corrected chi connectivity index (χ0v) is 12.5. The van der Waals surface area contributed by atoms with Crippen molar-refractivity contribution in [1.29, 1.82) is 0 Å². The van der Waals surface area contributed by atoms with Crippen molar-refractivity contribution in [3.8, 4) is 0 Å². The Morgan fingerprint density at radius 3 is 2.52 bits per heavy atom. The van der Waals surface area contributed by atoms with Crippen molar-refractivity contribution in [2.75, 3.05) is 55.1 Å². The Labute approximate surface area is 123 Å². The molecule has 0 unspecified atom stereocenters. The van der Waals surface area contributed by atoms with Gasteiger partial charge in [-0.2, -0.15) is 15.0 Å². The average molecular weight is 297 g/mol. The first kappa shape index (κ1) is 15.7. The molecule has 0 spiro atoms. The van der Waals surface area contributed by atoms with Gasteiger partial charge in [-0.1, -0.05) is 13.8 Å². The Hall–Kier alpha value is -1.71. The molecule has 0 amide bonds. The van der Waals surface area contributed by atoms with Gasteiger partial charge < -0.3 is 20.1 Å². The SMILES string of the molecule is CC(C)(CO)CNc1nc(NN)nc(N2CCOCC2)n1. The first-order valence-corrected chi connectivity index (χ1v) is 6.94. The third kappa shape index (κ3) is 4.38. The number of rotatable bonds is 6. The number of nitrogens with one attached hydrogen (secondary N) is 2. The number of hydrogen-bond acceptors (Lipinski definition) is 9. The first-order chi connectivity index (χ1) is 10.0. The van der Waals surface area contributed by atoms with Gasteiger partial charge in [0.15, 0.2) is 0 Å². The van der Waals surface area contributed by atoms with Crippen LogP contribution >= 0.6 is 0 Å². The van der Waals surface area contributed by atoms with Crippen molar-refractivity contribution in [3.05, 3.63) is 0 Å². The maximum absolute atomic E-state index is 9.28. The van der Waals surface area contributed by atoms with Crippen molar-refractivity contribution in [2.45, 2.75) is 13.8 Å². The van der Waals surface area contributed by atoms with Crippen molar-refractivity contribution in [2.24, 2.45) is 11.3 Å². The van der Waals surface area contributed by atoms with Gasteiger partial charge in [0.1, 0.15) is 0 Å². The van der Waals surface area contributed by atoms with E-state index in [9.17, 15) is 5.11 Å². The molecule has 21 heavy (non-hydrogen) atoms. The van der Waals surface area contributed by atoms with Gasteiger partial charge in [-0.3, -0.25) is 5.43 Å². The molecule has 0 radical (unpaired) electrons. The summed E-state index contributed by atoms with van der Waals surface area (Å²) < 4.78 is 5.32. The Morgan fingerprint density at radius 2 is 1.90 bits per heavy atom. The lowest BCUT2D eigenvalue weighted by Gasteiger charge is -2.27. The van der Waals surface area contributed by atoms with Gasteiger partial charge in [-0.05, 0) is 0 Å². The summed E-state index contributed by atoms with van der Waals surface area (Å²) in [6, 6.07) is 0. The summed E-state index contributed by atoms with van der Waals surface area (Å²) in [5.74, 6) is 6.71. The number of ether oxygens (including phenoxy) is 1. The van der Waals surface area contributed by atoms with Gasteiger partial charge in [0.25, 0.3) is 0 Å². The molecule has 0 atom stereocenters. The minimum absolute atomic E-state index is 0.0728. The maximum atomic E-state index is 9.28. The normalized spacial score (nSPS) is 15.9. The second-order valence-corrected chi connectivity index (χ2v) is 5.70. The number of nitrogens with two attached hydrogens (primary N) is 1. The van der Waals surface area contributed by atoms with Gasteiger partial charge in [-0.15, -0.1) is 0 Å². The molecule has 1 aliphatic heterocycles. The van der Waals surface area contributed by atoms with Crippen LogP contribution < -0.4 is 21.5 Å². The average Bonchev–Trinajstić information content (AvgIpc) is 2.53. The van der Waals surface area contributed by atoms with Crippen LogP contribution in [0.2, 0.25) is 0 Å². The van der Waals surface area contributed by atoms with Crippen LogP contribution in [-0.4, -0.2) is 59.5 Å². The minimum Gasteiger partial charge on any atom is -0.396 e. The van der Waals surface area contributed by atoms with E-state index in [0.29, 0.717) is 37.6 Å². The molecular formula is C12H23N7O2. The zero-order chi connectivity index (χ0) is 15.3. The molecule has 118 valence electrons. The van der Waals surface area contributed by atoms with Crippen LogP contribution in [0.25, 0.3) is 0 Å². The first-order valence-electron chi connectivity index (χ1n) is 6.94. The molecule has 2 rings (SSSR count). The van der Waals surface area contributed by atoms with Gasteiger partial charge in [0.05, 0.1) is 13.2 Å². The van der Waals surface area contributed by atoms with Gasteiger partial charge in [0.2, 0.25) is 17.8 Å². The number of nitrogens with zero attached hydrogens (tertiary/aromatic N) is 4. The number of morpholine rings is 1. The molecule has 1 aromatic heterocycles. The molecule has 1 aliphatic rings. The number of hydrogen-bond donors (Lipinski definition) is 4. The Morgan fingerprint density at radius 1 is 1.24 bits per heavy atom. The second kappa shape index (κ2) is 6.83. The van der Waals surface area contributed by atoms with Gasteiger partial charge in [0, 0.05) is 31.7 Å². The Kier molecular flexibility index (Phi) is 5.10. The van der Waals surface area contributed by atoms with Crippen molar-refractivity contribution in [1.82, 2.24) is 15.0 Å². The van der Waals surface area contributed by atoms with Crippen molar-refractivity contribution >= 4 is 17.8 Å². The molecule has 1 aromatic rings. The lowest BCUT2D eigenvalue weighted by molar-refractivity contribution is 0.122. The van der Waals surface area contributed by atoms with E-state index in [0.717, 1.165) is 13.1 Å². The summed E-state index contributed by atoms with van der Waals surface area (Å²) in [5, 5.41) is 12.4. The molecule has 1 saturated heterocycles. The molecular weight excluding hydrogens is 274 g/mol. The maximum Gasteiger partial charge on any atom is 0.243 e. The van der Waals surface area contributed by atoms with Crippen LogP contribution in [0.5, 0.6) is 0 Å². The summed E-state index contributed by atoms with van der Waals surface area (Å²) >= 11 is 0. The molecule has 0 saturated carbocycles. The number of aliphatic hydroxyl groups is 1. The quantitative estimate of drug-likeness (QED) is 0.403. The number of nitrogen functional groups attached to an aromatic ring is 1. The largest absolute Gasteiger partial charge is 0.396 e. The summed E-state index contributed by atoms with van der Waals surface area (Å²) in [7, 11) is 0. The van der Waals surface area contributed by atoms with Crippen LogP contribution in [-0.2, 0) is 4.74 Å². The standard InChI is InChI=1S/C12H23N7O2/c1-12(2,8-20)7-14-9-15-10(18-13)17-11(16-9)19-3-5-21-6-4-19/h20H,3-8,13H2,1-2H3,(H2,14,15,16,17,18). The van der Waals surface area contributed by atoms with Crippen LogP contribution in [0.15, 0.2) is 0 Å². The zero-order valence-electron chi connectivity index (χ0n) is 12.5. The summed E-state index contributed by atoms with van der Waals surface area (Å²) in [6.45, 7) is 7.28. The van der Waals surface area contributed by atoms with Gasteiger partial charge >= 0.3 is 0 Å². The molecule has 0 bridgehead atoms. The van der Waals surface area contributed by atoms with E-state index < -0.39 is 0 Å². The van der Waals surface area contributed by atoms with Crippen LogP contribution in [0.4, 0.5) is 17.8 Å². The molecule has 9 heteroatoms. The smallest absolute Gasteiger partial charge is 0.243 e. The predicted molar refractivity (Wildman–Crippen MR) is 80.0 cm³/mol. The highest BCUT2D eigenvalue weighted by Crippen LogP contribution is 2.17. The fourth-order valence-corrected chi connectivity index (χ4v) is 1.79. The molecule has 1 fully saturated rings. The lowest BCUT2D eigenvalue weighted by atomic mass is 9.95. The second-order valence-electron chi connectivity index (χ2n) is 5.70. The topological polar surface area (TPSA) is 121 Å². The van der Waals surface area contributed by atoms with E-state index in [-0.39, 0.29) is 12.0 Å². The van der Waals surface area contributed by atoms with Gasteiger partial charge in [-0.25, -0.2) is 5.84 Å². The summed E-state index contributed by atoms with van der Waals surface area (Å²) in [5.41, 5.74) is 2.19. The van der Waals surface area contributed by atoms with Crippen molar-refractivity contribution in [3.63, 3.8) is 0 Å². The highest BCUT2D eigenvalue weighted by molar-refractivity contribution is 5.43. The molecule has 2 heterocycles. The Balaban J connectivity index is 2.13. The molecule has 0 aromatic carbocycles. The van der Waals surface area contributed by atoms with Crippen LogP contribution in [0.1, 0.15) is 13.8 Å². The van der Waals surface area contributed by atoms with Crippen molar-refractivity contribution < 1.29 is 9.84 Å². The number of aromatic nitrogens is 3. The fourth-order valence-electron chi connectivity index (χ4n) is 1.79. The van der Waals surface area contributed by atoms with E-state index in [4.69, 9.17) is 10.6 Å². The molecule has 0 aliphatic carbocycles. The summed E-state index contributed by atoms with van der Waals surface area (Å²) in [4.78, 5) is 14.9. The molecule has 5 N–H and O–H groups in total. The third-order valence-corrected chi connectivity index (χ3v) is 3.20. The number of aliphatic hydroxyl groups excluding tert-OH is 1. The van der Waals surface area contributed by atoms with Crippen LogP contribution in [0.3, 0.4) is 0 Å². The highest BCUT2D eigenvalue weighted by atomic mass is 16.5. The van der Waals surface area contributed by atoms with E-state index in [2.05, 4.69) is 25.7 Å².